The van der Waals surface area contributed by atoms with Gasteiger partial charge in [0.25, 0.3) is 0 Å². The van der Waals surface area contributed by atoms with Crippen molar-refractivity contribution in [1.29, 1.82) is 0 Å². The van der Waals surface area contributed by atoms with Crippen LogP contribution in [0.15, 0.2) is 46.9 Å². The van der Waals surface area contributed by atoms with Crippen LogP contribution < -0.4 is 0 Å². The molecule has 0 aliphatic heterocycles. The average Bonchev–Trinajstić information content (AvgIpc) is 2.74. The lowest BCUT2D eigenvalue weighted by Crippen LogP contribution is -1.84. The van der Waals surface area contributed by atoms with Crippen LogP contribution in [0.2, 0.25) is 0 Å². The number of rotatable bonds is 1. The predicted octanol–water partition coefficient (Wildman–Crippen LogP) is 5.21. The van der Waals surface area contributed by atoms with E-state index in [1.807, 2.05) is 0 Å². The van der Waals surface area contributed by atoms with Gasteiger partial charge in [-0.05, 0) is 49.7 Å². The first-order valence-corrected chi connectivity index (χ1v) is 6.79. The molecule has 0 saturated carbocycles. The number of aromatic nitrogens is 1. The van der Waals surface area contributed by atoms with Crippen molar-refractivity contribution in [1.82, 2.24) is 4.98 Å². The fraction of sp³-hybridized carbons (Fsp3) is 0.125. The zero-order valence-electron chi connectivity index (χ0n) is 10.4. The highest BCUT2D eigenvalue weighted by atomic mass is 79.9. The van der Waals surface area contributed by atoms with Gasteiger partial charge in [0, 0.05) is 26.6 Å². The first-order valence-electron chi connectivity index (χ1n) is 5.99. The van der Waals surface area contributed by atoms with E-state index < -0.39 is 0 Å². The number of aromatic amines is 1. The van der Waals surface area contributed by atoms with Gasteiger partial charge >= 0.3 is 0 Å². The maximum Gasteiger partial charge on any atom is 0.0467 e. The highest BCUT2D eigenvalue weighted by molar-refractivity contribution is 9.10. The molecule has 90 valence electrons. The van der Waals surface area contributed by atoms with Crippen LogP contribution in [0.1, 0.15) is 11.1 Å². The molecular weight excluding hydrogens is 286 g/mol. The van der Waals surface area contributed by atoms with Crippen LogP contribution in [0.4, 0.5) is 0 Å². The minimum Gasteiger partial charge on any atom is -0.355 e. The number of benzene rings is 2. The molecule has 0 spiro atoms. The Balaban J connectivity index is 2.22. The Morgan fingerprint density at radius 3 is 2.61 bits per heavy atom. The molecule has 1 nitrogen and oxygen atoms in total. The smallest absolute Gasteiger partial charge is 0.0467 e. The normalized spacial score (nSPS) is 11.1. The van der Waals surface area contributed by atoms with Crippen LogP contribution in [0.25, 0.3) is 22.2 Å². The largest absolute Gasteiger partial charge is 0.355 e. The molecule has 0 amide bonds. The molecule has 0 unspecified atom stereocenters. The zero-order chi connectivity index (χ0) is 12.7. The van der Waals surface area contributed by atoms with E-state index in [1.165, 1.54) is 33.3 Å². The lowest BCUT2D eigenvalue weighted by Gasteiger charge is -2.04. The van der Waals surface area contributed by atoms with Crippen molar-refractivity contribution in [2.75, 3.05) is 0 Å². The summed E-state index contributed by atoms with van der Waals surface area (Å²) in [6.45, 7) is 4.28. The summed E-state index contributed by atoms with van der Waals surface area (Å²) >= 11 is 3.51. The highest BCUT2D eigenvalue weighted by Gasteiger charge is 2.06. The molecule has 0 bridgehead atoms. The molecule has 0 atom stereocenters. The van der Waals surface area contributed by atoms with Crippen molar-refractivity contribution >= 4 is 26.8 Å². The molecule has 3 rings (SSSR count). The SMILES string of the molecule is Cc1ccc(C)c(-c2cc3cc(Br)ccc3[nH]2)c1. The Morgan fingerprint density at radius 2 is 1.78 bits per heavy atom. The second kappa shape index (κ2) is 4.29. The summed E-state index contributed by atoms with van der Waals surface area (Å²) in [6.07, 6.45) is 0. The number of H-pyrrole nitrogens is 1. The summed E-state index contributed by atoms with van der Waals surface area (Å²) in [5.41, 5.74) is 6.22. The van der Waals surface area contributed by atoms with E-state index in [0.717, 1.165) is 4.47 Å². The van der Waals surface area contributed by atoms with Gasteiger partial charge in [-0.2, -0.15) is 0 Å². The third kappa shape index (κ3) is 1.97. The number of aryl methyl sites for hydroxylation is 2. The van der Waals surface area contributed by atoms with Crippen LogP contribution in [-0.2, 0) is 0 Å². The number of nitrogens with one attached hydrogen (secondary N) is 1. The summed E-state index contributed by atoms with van der Waals surface area (Å²) in [7, 11) is 0. The maximum atomic E-state index is 3.51. The van der Waals surface area contributed by atoms with Gasteiger partial charge in [0.2, 0.25) is 0 Å². The van der Waals surface area contributed by atoms with Gasteiger partial charge in [-0.3, -0.25) is 0 Å². The molecule has 2 heteroatoms. The lowest BCUT2D eigenvalue weighted by atomic mass is 10.0. The summed E-state index contributed by atoms with van der Waals surface area (Å²) < 4.78 is 1.11. The van der Waals surface area contributed by atoms with Crippen LogP contribution >= 0.6 is 15.9 Å². The van der Waals surface area contributed by atoms with Crippen molar-refractivity contribution in [3.63, 3.8) is 0 Å². The van der Waals surface area contributed by atoms with Gasteiger partial charge in [-0.15, -0.1) is 0 Å². The van der Waals surface area contributed by atoms with E-state index in [0.29, 0.717) is 0 Å². The van der Waals surface area contributed by atoms with Crippen molar-refractivity contribution in [2.45, 2.75) is 13.8 Å². The quantitative estimate of drug-likeness (QED) is 0.634. The molecule has 1 aromatic heterocycles. The van der Waals surface area contributed by atoms with E-state index >= 15 is 0 Å². The van der Waals surface area contributed by atoms with Gasteiger partial charge < -0.3 is 4.98 Å². The van der Waals surface area contributed by atoms with E-state index in [9.17, 15) is 0 Å². The molecule has 1 N–H and O–H groups in total. The van der Waals surface area contributed by atoms with Crippen molar-refractivity contribution in [3.05, 3.63) is 58.1 Å². The minimum atomic E-state index is 1.11. The summed E-state index contributed by atoms with van der Waals surface area (Å²) in [5, 5.41) is 1.24. The van der Waals surface area contributed by atoms with Gasteiger partial charge in [0.05, 0.1) is 0 Å². The average molecular weight is 300 g/mol. The zero-order valence-corrected chi connectivity index (χ0v) is 12.0. The van der Waals surface area contributed by atoms with Crippen LogP contribution in [0.5, 0.6) is 0 Å². The maximum absolute atomic E-state index is 3.51. The number of hydrogen-bond acceptors (Lipinski definition) is 0. The summed E-state index contributed by atoms with van der Waals surface area (Å²) in [4.78, 5) is 3.49. The van der Waals surface area contributed by atoms with Crippen LogP contribution in [0, 0.1) is 13.8 Å². The Labute approximate surface area is 115 Å². The lowest BCUT2D eigenvalue weighted by molar-refractivity contribution is 1.36. The van der Waals surface area contributed by atoms with Gasteiger partial charge in [-0.1, -0.05) is 33.6 Å². The summed E-state index contributed by atoms with van der Waals surface area (Å²) in [5.74, 6) is 0. The third-order valence-corrected chi connectivity index (χ3v) is 3.76. The second-order valence-electron chi connectivity index (χ2n) is 4.73. The van der Waals surface area contributed by atoms with Crippen LogP contribution in [0.3, 0.4) is 0 Å². The van der Waals surface area contributed by atoms with E-state index in [1.54, 1.807) is 0 Å². The monoisotopic (exact) mass is 299 g/mol. The van der Waals surface area contributed by atoms with Crippen molar-refractivity contribution in [3.8, 4) is 11.3 Å². The first-order chi connectivity index (χ1) is 8.63. The Kier molecular flexibility index (Phi) is 2.75. The fourth-order valence-electron chi connectivity index (χ4n) is 2.27. The minimum absolute atomic E-state index is 1.11. The third-order valence-electron chi connectivity index (χ3n) is 3.27. The molecule has 3 aromatic rings. The summed E-state index contributed by atoms with van der Waals surface area (Å²) in [6, 6.07) is 15.1. The fourth-order valence-corrected chi connectivity index (χ4v) is 2.65. The molecule has 1 heterocycles. The van der Waals surface area contributed by atoms with Gasteiger partial charge in [0.1, 0.15) is 0 Å². The molecule has 18 heavy (non-hydrogen) atoms. The van der Waals surface area contributed by atoms with E-state index in [2.05, 4.69) is 77.2 Å². The second-order valence-corrected chi connectivity index (χ2v) is 5.65. The van der Waals surface area contributed by atoms with E-state index in [4.69, 9.17) is 0 Å². The van der Waals surface area contributed by atoms with Crippen LogP contribution in [-0.4, -0.2) is 4.98 Å². The van der Waals surface area contributed by atoms with Crippen molar-refractivity contribution < 1.29 is 0 Å². The predicted molar refractivity (Wildman–Crippen MR) is 80.9 cm³/mol. The number of fused-ring (bicyclic) bond motifs is 1. The van der Waals surface area contributed by atoms with Crippen molar-refractivity contribution in [2.24, 2.45) is 0 Å². The molecule has 2 aromatic carbocycles. The highest BCUT2D eigenvalue weighted by Crippen LogP contribution is 2.28. The van der Waals surface area contributed by atoms with Gasteiger partial charge in [-0.25, -0.2) is 0 Å². The van der Waals surface area contributed by atoms with E-state index in [-0.39, 0.29) is 0 Å². The molecule has 0 aliphatic rings. The topological polar surface area (TPSA) is 15.8 Å². The van der Waals surface area contributed by atoms with Gasteiger partial charge in [0.15, 0.2) is 0 Å². The molecular formula is C16H14BrN. The molecule has 0 aliphatic carbocycles. The Bertz CT molecular complexity index is 725. The molecule has 0 saturated heterocycles. The molecule has 0 fully saturated rings. The molecule has 0 radical (unpaired) electrons. The number of halogens is 1. The Hall–Kier alpha value is -1.54. The standard InChI is InChI=1S/C16H14BrN/c1-10-3-4-11(2)14(7-10)16-9-12-8-13(17)5-6-15(12)18-16/h3-9,18H,1-2H3. The number of hydrogen-bond donors (Lipinski definition) is 1. The first kappa shape index (κ1) is 11.5. The Morgan fingerprint density at radius 1 is 0.944 bits per heavy atom.